The van der Waals surface area contributed by atoms with Crippen molar-refractivity contribution in [2.45, 2.75) is 58.0 Å². The molecule has 5 nitrogen and oxygen atoms in total. The van der Waals surface area contributed by atoms with E-state index in [0.717, 1.165) is 55.7 Å². The third kappa shape index (κ3) is 3.76. The van der Waals surface area contributed by atoms with Gasteiger partial charge in [0.05, 0.1) is 5.69 Å². The number of likely N-dealkylation sites (tertiary alicyclic amines) is 1. The minimum absolute atomic E-state index is 0.0928. The lowest BCUT2D eigenvalue weighted by molar-refractivity contribution is 0.0716. The van der Waals surface area contributed by atoms with Crippen LogP contribution in [0, 0.1) is 6.92 Å². The monoisotopic (exact) mass is 416 g/mol. The number of fused-ring (bicyclic) bond motifs is 2. The van der Waals surface area contributed by atoms with E-state index in [2.05, 4.69) is 65.9 Å². The summed E-state index contributed by atoms with van der Waals surface area (Å²) in [5.74, 6) is 0.0928. The molecule has 2 aromatic heterocycles. The summed E-state index contributed by atoms with van der Waals surface area (Å²) >= 11 is 0. The van der Waals surface area contributed by atoms with E-state index in [1.165, 1.54) is 24.0 Å². The van der Waals surface area contributed by atoms with Gasteiger partial charge in [0.2, 0.25) is 0 Å². The van der Waals surface area contributed by atoms with Gasteiger partial charge in [-0.1, -0.05) is 30.3 Å². The molecule has 2 aliphatic rings. The predicted octanol–water partition coefficient (Wildman–Crippen LogP) is 4.78. The highest BCUT2D eigenvalue weighted by Crippen LogP contribution is 2.34. The van der Waals surface area contributed by atoms with Gasteiger partial charge in [0, 0.05) is 31.9 Å². The van der Waals surface area contributed by atoms with E-state index in [1.54, 1.807) is 0 Å². The molecule has 3 aromatic rings. The summed E-state index contributed by atoms with van der Waals surface area (Å²) in [4.78, 5) is 22.8. The molecule has 31 heavy (non-hydrogen) atoms. The predicted molar refractivity (Wildman–Crippen MR) is 123 cm³/mol. The van der Waals surface area contributed by atoms with Gasteiger partial charge in [0.25, 0.3) is 5.91 Å². The van der Waals surface area contributed by atoms with Crippen LogP contribution < -0.4 is 0 Å². The van der Waals surface area contributed by atoms with Crippen LogP contribution in [0.5, 0.6) is 0 Å². The number of amides is 1. The van der Waals surface area contributed by atoms with E-state index in [-0.39, 0.29) is 5.91 Å². The molecule has 1 saturated heterocycles. The number of hydrogen-bond donors (Lipinski definition) is 0. The molecule has 0 unspecified atom stereocenters. The van der Waals surface area contributed by atoms with Crippen molar-refractivity contribution in [1.82, 2.24) is 19.2 Å². The second-order valence-corrected chi connectivity index (χ2v) is 9.17. The molecule has 1 atom stereocenters. The SMILES string of the molecule is Cc1cccn2c(CN(C)[C@@H]3CCCc4ccccc43)c(C(=O)N3CCCCC3)nc12. The van der Waals surface area contributed by atoms with Crippen molar-refractivity contribution in [2.24, 2.45) is 0 Å². The standard InChI is InChI=1S/C26H32N4O/c1-19-10-9-17-30-23(24(27-25(19)30)26(31)29-15-6-3-7-16-29)18-28(2)22-14-8-12-20-11-4-5-13-21(20)22/h4-5,9-11,13,17,22H,3,6-8,12,14-16,18H2,1-2H3/t22-/m1/s1. The lowest BCUT2D eigenvalue weighted by atomic mass is 9.87. The maximum atomic E-state index is 13.5. The number of imidazole rings is 1. The molecule has 5 heteroatoms. The molecular weight excluding hydrogens is 384 g/mol. The van der Waals surface area contributed by atoms with Crippen LogP contribution in [0.4, 0.5) is 0 Å². The molecule has 1 aliphatic heterocycles. The maximum Gasteiger partial charge on any atom is 0.274 e. The normalized spacial score (nSPS) is 19.1. The van der Waals surface area contributed by atoms with Crippen LogP contribution in [-0.2, 0) is 13.0 Å². The van der Waals surface area contributed by atoms with Crippen molar-refractivity contribution in [1.29, 1.82) is 0 Å². The molecule has 1 amide bonds. The second kappa shape index (κ2) is 8.46. The van der Waals surface area contributed by atoms with Crippen molar-refractivity contribution in [3.63, 3.8) is 0 Å². The van der Waals surface area contributed by atoms with E-state index in [0.29, 0.717) is 18.3 Å². The zero-order valence-corrected chi connectivity index (χ0v) is 18.7. The molecule has 1 fully saturated rings. The number of nitrogens with zero attached hydrogens (tertiary/aromatic N) is 4. The summed E-state index contributed by atoms with van der Waals surface area (Å²) < 4.78 is 2.14. The van der Waals surface area contributed by atoms with Gasteiger partial charge >= 0.3 is 0 Å². The summed E-state index contributed by atoms with van der Waals surface area (Å²) in [6.07, 6.45) is 8.97. The minimum atomic E-state index is 0.0928. The van der Waals surface area contributed by atoms with Crippen LogP contribution in [0.15, 0.2) is 42.6 Å². The van der Waals surface area contributed by atoms with E-state index in [9.17, 15) is 4.79 Å². The van der Waals surface area contributed by atoms with Gasteiger partial charge < -0.3 is 9.30 Å². The number of pyridine rings is 1. The van der Waals surface area contributed by atoms with Gasteiger partial charge in [0.1, 0.15) is 5.65 Å². The Morgan fingerprint density at radius 1 is 1.10 bits per heavy atom. The van der Waals surface area contributed by atoms with Crippen LogP contribution in [0.2, 0.25) is 0 Å². The molecule has 0 N–H and O–H groups in total. The zero-order chi connectivity index (χ0) is 21.4. The highest BCUT2D eigenvalue weighted by Gasteiger charge is 2.29. The van der Waals surface area contributed by atoms with Crippen molar-refractivity contribution >= 4 is 11.6 Å². The highest BCUT2D eigenvalue weighted by molar-refractivity contribution is 5.94. The van der Waals surface area contributed by atoms with E-state index < -0.39 is 0 Å². The topological polar surface area (TPSA) is 40.9 Å². The fraction of sp³-hybridized carbons (Fsp3) is 0.462. The third-order valence-corrected chi connectivity index (χ3v) is 7.06. The van der Waals surface area contributed by atoms with E-state index >= 15 is 0 Å². The Bertz CT molecular complexity index is 1100. The first-order valence-corrected chi connectivity index (χ1v) is 11.7. The Labute approximate surface area is 184 Å². The number of carbonyl (C=O) groups excluding carboxylic acids is 1. The van der Waals surface area contributed by atoms with Crippen molar-refractivity contribution in [2.75, 3.05) is 20.1 Å². The zero-order valence-electron chi connectivity index (χ0n) is 18.7. The van der Waals surface area contributed by atoms with Gasteiger partial charge in [-0.15, -0.1) is 0 Å². The Balaban J connectivity index is 1.51. The first kappa shape index (κ1) is 20.3. The molecule has 0 radical (unpaired) electrons. The van der Waals surface area contributed by atoms with Gasteiger partial charge in [-0.25, -0.2) is 4.98 Å². The lowest BCUT2D eigenvalue weighted by Crippen LogP contribution is -2.37. The summed E-state index contributed by atoms with van der Waals surface area (Å²) in [7, 11) is 2.19. The average molecular weight is 417 g/mol. The summed E-state index contributed by atoms with van der Waals surface area (Å²) in [6, 6.07) is 13.3. The van der Waals surface area contributed by atoms with Crippen LogP contribution in [0.25, 0.3) is 5.65 Å². The Morgan fingerprint density at radius 3 is 2.74 bits per heavy atom. The number of rotatable bonds is 4. The first-order chi connectivity index (χ1) is 15.1. The lowest BCUT2D eigenvalue weighted by Gasteiger charge is -2.33. The van der Waals surface area contributed by atoms with Gasteiger partial charge in [-0.3, -0.25) is 9.69 Å². The van der Waals surface area contributed by atoms with Crippen molar-refractivity contribution in [3.05, 3.63) is 70.7 Å². The Kier molecular flexibility index (Phi) is 5.53. The highest BCUT2D eigenvalue weighted by atomic mass is 16.2. The van der Waals surface area contributed by atoms with Crippen molar-refractivity contribution in [3.8, 4) is 0 Å². The molecule has 5 rings (SSSR count). The van der Waals surface area contributed by atoms with Crippen LogP contribution in [0.1, 0.15) is 71.0 Å². The number of aromatic nitrogens is 2. The Hall–Kier alpha value is -2.66. The molecule has 1 aliphatic carbocycles. The molecular formula is C26H32N4O. The van der Waals surface area contributed by atoms with Gasteiger partial charge in [-0.05, 0) is 75.3 Å². The molecule has 3 heterocycles. The second-order valence-electron chi connectivity index (χ2n) is 9.17. The smallest absolute Gasteiger partial charge is 0.274 e. The molecule has 0 bridgehead atoms. The number of piperidine rings is 1. The van der Waals surface area contributed by atoms with Crippen LogP contribution in [0.3, 0.4) is 0 Å². The van der Waals surface area contributed by atoms with E-state index in [1.807, 2.05) is 4.90 Å². The number of hydrogen-bond acceptors (Lipinski definition) is 3. The number of benzene rings is 1. The van der Waals surface area contributed by atoms with E-state index in [4.69, 9.17) is 4.98 Å². The molecule has 1 aromatic carbocycles. The maximum absolute atomic E-state index is 13.5. The number of carbonyl (C=O) groups is 1. The summed E-state index contributed by atoms with van der Waals surface area (Å²) in [5.41, 5.74) is 6.55. The van der Waals surface area contributed by atoms with Crippen molar-refractivity contribution < 1.29 is 4.79 Å². The number of aryl methyl sites for hydroxylation is 2. The summed E-state index contributed by atoms with van der Waals surface area (Å²) in [6.45, 7) is 4.47. The summed E-state index contributed by atoms with van der Waals surface area (Å²) in [5, 5.41) is 0. The fourth-order valence-electron chi connectivity index (χ4n) is 5.35. The molecule has 162 valence electrons. The quantitative estimate of drug-likeness (QED) is 0.615. The van der Waals surface area contributed by atoms with Gasteiger partial charge in [0.15, 0.2) is 5.69 Å². The molecule has 0 saturated carbocycles. The molecule has 0 spiro atoms. The minimum Gasteiger partial charge on any atom is -0.337 e. The largest absolute Gasteiger partial charge is 0.337 e. The van der Waals surface area contributed by atoms with Crippen LogP contribution in [-0.4, -0.2) is 45.2 Å². The fourth-order valence-corrected chi connectivity index (χ4v) is 5.35. The average Bonchev–Trinajstić information content (AvgIpc) is 3.18. The van der Waals surface area contributed by atoms with Gasteiger partial charge in [-0.2, -0.15) is 0 Å². The third-order valence-electron chi connectivity index (χ3n) is 7.06. The van der Waals surface area contributed by atoms with Crippen LogP contribution >= 0.6 is 0 Å². The Morgan fingerprint density at radius 2 is 1.90 bits per heavy atom. The first-order valence-electron chi connectivity index (χ1n) is 11.7.